The molecule has 0 spiro atoms. The van der Waals surface area contributed by atoms with Crippen molar-refractivity contribution in [1.29, 1.82) is 0 Å². The van der Waals surface area contributed by atoms with Crippen LogP contribution in [-0.4, -0.2) is 29.9 Å². The fraction of sp³-hybridized carbons (Fsp3) is 0.250. The summed E-state index contributed by atoms with van der Waals surface area (Å²) in [5.74, 6) is -1.95. The predicted molar refractivity (Wildman–Crippen MR) is 102 cm³/mol. The minimum Gasteiger partial charge on any atom is -0.423 e. The number of hydrogen-bond donors (Lipinski definition) is 2. The van der Waals surface area contributed by atoms with Crippen molar-refractivity contribution in [3.05, 3.63) is 53.8 Å². The van der Waals surface area contributed by atoms with Gasteiger partial charge in [-0.15, -0.1) is 0 Å². The van der Waals surface area contributed by atoms with Gasteiger partial charge < -0.3 is 20.4 Å². The number of oxazole rings is 1. The van der Waals surface area contributed by atoms with Crippen LogP contribution in [-0.2, 0) is 4.79 Å². The van der Waals surface area contributed by atoms with Gasteiger partial charge in [-0.2, -0.15) is 4.98 Å². The Kier molecular flexibility index (Phi) is 4.68. The van der Waals surface area contributed by atoms with Gasteiger partial charge in [0.15, 0.2) is 5.58 Å². The van der Waals surface area contributed by atoms with E-state index in [9.17, 15) is 14.0 Å². The lowest BCUT2D eigenvalue weighted by atomic mass is 9.96. The number of rotatable bonds is 4. The first-order chi connectivity index (χ1) is 13.5. The highest BCUT2D eigenvalue weighted by Gasteiger charge is 2.27. The van der Waals surface area contributed by atoms with Gasteiger partial charge in [-0.1, -0.05) is 12.1 Å². The van der Waals surface area contributed by atoms with E-state index >= 15 is 0 Å². The van der Waals surface area contributed by atoms with E-state index in [1.807, 2.05) is 29.2 Å². The first-order valence-corrected chi connectivity index (χ1v) is 9.02. The van der Waals surface area contributed by atoms with Crippen molar-refractivity contribution in [2.75, 3.05) is 23.3 Å². The maximum Gasteiger partial charge on any atom is 0.298 e. The molecular formula is C20H19FN4O3. The molecule has 3 N–H and O–H groups in total. The van der Waals surface area contributed by atoms with Crippen LogP contribution in [0.2, 0.25) is 0 Å². The lowest BCUT2D eigenvalue weighted by Crippen LogP contribution is -2.38. The van der Waals surface area contributed by atoms with Crippen molar-refractivity contribution in [1.82, 2.24) is 4.98 Å². The molecule has 7 nitrogen and oxygen atoms in total. The lowest BCUT2D eigenvalue weighted by molar-refractivity contribution is -0.120. The maximum atomic E-state index is 13.6. The van der Waals surface area contributed by atoms with Crippen molar-refractivity contribution >= 4 is 34.6 Å². The first-order valence-electron chi connectivity index (χ1n) is 9.02. The predicted octanol–water partition coefficient (Wildman–Crippen LogP) is 2.92. The summed E-state index contributed by atoms with van der Waals surface area (Å²) < 4.78 is 19.3. The SMILES string of the molecule is NC(=O)c1cc(NC(=O)C2CCN(c3nc4ccccc4o3)CC2)ccc1F. The number of halogens is 1. The van der Waals surface area contributed by atoms with E-state index in [0.717, 1.165) is 17.2 Å². The number of piperidine rings is 1. The van der Waals surface area contributed by atoms with E-state index < -0.39 is 11.7 Å². The van der Waals surface area contributed by atoms with E-state index in [4.69, 9.17) is 10.2 Å². The zero-order chi connectivity index (χ0) is 19.7. The number of nitrogens with one attached hydrogen (secondary N) is 1. The molecule has 2 amide bonds. The van der Waals surface area contributed by atoms with Crippen molar-refractivity contribution in [2.45, 2.75) is 12.8 Å². The number of fused-ring (bicyclic) bond motifs is 1. The highest BCUT2D eigenvalue weighted by molar-refractivity contribution is 5.97. The topological polar surface area (TPSA) is 101 Å². The smallest absolute Gasteiger partial charge is 0.298 e. The number of amides is 2. The molecule has 0 bridgehead atoms. The van der Waals surface area contributed by atoms with Crippen LogP contribution in [0.25, 0.3) is 11.1 Å². The molecule has 8 heteroatoms. The summed E-state index contributed by atoms with van der Waals surface area (Å²) in [5.41, 5.74) is 6.79. The number of nitrogens with two attached hydrogens (primary N) is 1. The summed E-state index contributed by atoms with van der Waals surface area (Å²) in [4.78, 5) is 30.3. The molecule has 0 radical (unpaired) electrons. The third-order valence-corrected chi connectivity index (χ3v) is 4.92. The second kappa shape index (κ2) is 7.30. The normalized spacial score (nSPS) is 15.0. The molecule has 1 aromatic heterocycles. The molecule has 0 atom stereocenters. The van der Waals surface area contributed by atoms with Gasteiger partial charge in [0.2, 0.25) is 5.91 Å². The Balaban J connectivity index is 1.39. The fourth-order valence-electron chi connectivity index (χ4n) is 3.36. The number of hydrogen-bond acceptors (Lipinski definition) is 5. The molecule has 0 saturated carbocycles. The molecule has 1 aliphatic heterocycles. The van der Waals surface area contributed by atoms with Crippen molar-refractivity contribution < 1.29 is 18.4 Å². The van der Waals surface area contributed by atoms with E-state index in [1.165, 1.54) is 12.1 Å². The third-order valence-electron chi connectivity index (χ3n) is 4.92. The number of benzene rings is 2. The van der Waals surface area contributed by atoms with Gasteiger partial charge in [-0.25, -0.2) is 4.39 Å². The van der Waals surface area contributed by atoms with Crippen LogP contribution in [0.15, 0.2) is 46.9 Å². The molecule has 4 rings (SSSR count). The second-order valence-corrected chi connectivity index (χ2v) is 6.77. The van der Waals surface area contributed by atoms with Crippen LogP contribution in [0.5, 0.6) is 0 Å². The fourth-order valence-corrected chi connectivity index (χ4v) is 3.36. The average molecular weight is 382 g/mol. The first kappa shape index (κ1) is 18.0. The maximum absolute atomic E-state index is 13.6. The lowest BCUT2D eigenvalue weighted by Gasteiger charge is -2.30. The van der Waals surface area contributed by atoms with E-state index in [-0.39, 0.29) is 17.4 Å². The third kappa shape index (κ3) is 3.53. The van der Waals surface area contributed by atoms with Gasteiger partial charge >= 0.3 is 0 Å². The largest absolute Gasteiger partial charge is 0.423 e. The zero-order valence-electron chi connectivity index (χ0n) is 15.0. The Morgan fingerprint density at radius 2 is 1.93 bits per heavy atom. The number of anilines is 2. The Bertz CT molecular complexity index is 1010. The molecule has 2 aromatic carbocycles. The van der Waals surface area contributed by atoms with Crippen LogP contribution in [0.3, 0.4) is 0 Å². The van der Waals surface area contributed by atoms with Crippen molar-refractivity contribution in [3.63, 3.8) is 0 Å². The number of carbonyl (C=O) groups excluding carboxylic acids is 2. The molecule has 0 unspecified atom stereocenters. The molecule has 2 heterocycles. The number of para-hydroxylation sites is 2. The van der Waals surface area contributed by atoms with Gasteiger partial charge in [0.05, 0.1) is 5.56 Å². The summed E-state index contributed by atoms with van der Waals surface area (Å²) in [6, 6.07) is 11.9. The summed E-state index contributed by atoms with van der Waals surface area (Å²) in [6.07, 6.45) is 1.27. The quantitative estimate of drug-likeness (QED) is 0.722. The molecule has 1 fully saturated rings. The highest BCUT2D eigenvalue weighted by atomic mass is 19.1. The van der Waals surface area contributed by atoms with Crippen molar-refractivity contribution in [2.24, 2.45) is 11.7 Å². The minimum absolute atomic E-state index is 0.167. The average Bonchev–Trinajstić information content (AvgIpc) is 3.13. The Morgan fingerprint density at radius 3 is 2.64 bits per heavy atom. The summed E-state index contributed by atoms with van der Waals surface area (Å²) in [7, 11) is 0. The van der Waals surface area contributed by atoms with Crippen LogP contribution < -0.4 is 16.0 Å². The summed E-state index contributed by atoms with van der Waals surface area (Å²) in [5, 5.41) is 2.74. The van der Waals surface area contributed by atoms with E-state index in [0.29, 0.717) is 37.6 Å². The molecule has 3 aromatic rings. The van der Waals surface area contributed by atoms with Crippen LogP contribution in [0, 0.1) is 11.7 Å². The van der Waals surface area contributed by atoms with Crippen LogP contribution >= 0.6 is 0 Å². The number of nitrogens with zero attached hydrogens (tertiary/aromatic N) is 2. The van der Waals surface area contributed by atoms with E-state index in [2.05, 4.69) is 10.3 Å². The number of carbonyl (C=O) groups is 2. The molecular weight excluding hydrogens is 363 g/mol. The van der Waals surface area contributed by atoms with Gasteiger partial charge in [0.25, 0.3) is 11.9 Å². The minimum atomic E-state index is -0.875. The molecule has 1 aliphatic rings. The van der Waals surface area contributed by atoms with Crippen LogP contribution in [0.1, 0.15) is 23.2 Å². The standard InChI is InChI=1S/C20H19FN4O3/c21-15-6-5-13(11-14(15)18(22)26)23-19(27)12-7-9-25(10-8-12)20-24-16-3-1-2-4-17(16)28-20/h1-6,11-12H,7-10H2,(H2,22,26)(H,23,27). The van der Waals surface area contributed by atoms with Crippen molar-refractivity contribution in [3.8, 4) is 0 Å². The molecule has 144 valence electrons. The summed E-state index contributed by atoms with van der Waals surface area (Å²) in [6.45, 7) is 1.28. The van der Waals surface area contributed by atoms with Gasteiger partial charge in [-0.3, -0.25) is 9.59 Å². The number of aromatic nitrogens is 1. The highest BCUT2D eigenvalue weighted by Crippen LogP contribution is 2.27. The van der Waals surface area contributed by atoms with Crippen LogP contribution in [0.4, 0.5) is 16.1 Å². The molecule has 1 saturated heterocycles. The molecule has 0 aliphatic carbocycles. The summed E-state index contributed by atoms with van der Waals surface area (Å²) >= 11 is 0. The van der Waals surface area contributed by atoms with Gasteiger partial charge in [0.1, 0.15) is 11.3 Å². The number of primary amides is 1. The monoisotopic (exact) mass is 382 g/mol. The van der Waals surface area contributed by atoms with Gasteiger partial charge in [-0.05, 0) is 43.2 Å². The van der Waals surface area contributed by atoms with E-state index in [1.54, 1.807) is 0 Å². The Hall–Kier alpha value is -3.42. The second-order valence-electron chi connectivity index (χ2n) is 6.77. The Labute approximate surface area is 160 Å². The Morgan fingerprint density at radius 1 is 1.18 bits per heavy atom. The van der Waals surface area contributed by atoms with Gasteiger partial charge in [0, 0.05) is 24.7 Å². The zero-order valence-corrected chi connectivity index (χ0v) is 15.0. The molecule has 28 heavy (non-hydrogen) atoms.